The van der Waals surface area contributed by atoms with E-state index in [1.807, 2.05) is 0 Å². The van der Waals surface area contributed by atoms with Gasteiger partial charge >= 0.3 is 5.97 Å². The molecule has 0 aliphatic heterocycles. The lowest BCUT2D eigenvalue weighted by Gasteiger charge is -2.10. The van der Waals surface area contributed by atoms with Crippen LogP contribution in [0.15, 0.2) is 18.2 Å². The average molecular weight is 320 g/mol. The van der Waals surface area contributed by atoms with Crippen molar-refractivity contribution in [1.82, 2.24) is 0 Å². The van der Waals surface area contributed by atoms with E-state index in [0.29, 0.717) is 23.4 Å². The molecule has 0 bridgehead atoms. The molecular formula is C18H28N2O3. The van der Waals surface area contributed by atoms with Crippen molar-refractivity contribution in [2.75, 3.05) is 18.2 Å². The molecule has 0 radical (unpaired) electrons. The van der Waals surface area contributed by atoms with Gasteiger partial charge in [-0.2, -0.15) is 0 Å². The first-order valence-electron chi connectivity index (χ1n) is 8.36. The second kappa shape index (κ2) is 10.6. The van der Waals surface area contributed by atoms with Crippen LogP contribution in [0.4, 0.5) is 11.4 Å². The number of nitrogen functional groups attached to an aromatic ring is 1. The molecule has 3 N–H and O–H groups in total. The van der Waals surface area contributed by atoms with E-state index < -0.39 is 5.97 Å². The minimum atomic E-state index is -0.451. The van der Waals surface area contributed by atoms with E-state index in [-0.39, 0.29) is 5.91 Å². The van der Waals surface area contributed by atoms with Crippen LogP contribution in [0.2, 0.25) is 0 Å². The number of anilines is 2. The summed E-state index contributed by atoms with van der Waals surface area (Å²) in [7, 11) is 1.32. The van der Waals surface area contributed by atoms with Crippen molar-refractivity contribution >= 4 is 23.3 Å². The highest BCUT2D eigenvalue weighted by Gasteiger charge is 2.10. The van der Waals surface area contributed by atoms with Crippen molar-refractivity contribution in [3.63, 3.8) is 0 Å². The molecule has 0 spiro atoms. The number of esters is 1. The Hall–Kier alpha value is -2.04. The Balaban J connectivity index is 2.37. The summed E-state index contributed by atoms with van der Waals surface area (Å²) in [6.45, 7) is 2.20. The average Bonchev–Trinajstić information content (AvgIpc) is 2.55. The fourth-order valence-corrected chi connectivity index (χ4v) is 2.36. The van der Waals surface area contributed by atoms with E-state index in [1.54, 1.807) is 18.2 Å². The lowest BCUT2D eigenvalue weighted by molar-refractivity contribution is -0.116. The quantitative estimate of drug-likeness (QED) is 0.386. The van der Waals surface area contributed by atoms with Crippen LogP contribution in [0.1, 0.15) is 68.6 Å². The monoisotopic (exact) mass is 320 g/mol. The van der Waals surface area contributed by atoms with Crippen LogP contribution in [0, 0.1) is 0 Å². The Labute approximate surface area is 138 Å². The standard InChI is InChI=1S/C18H28N2O3/c1-3-4-5-6-7-8-9-10-17(21)20-16-13-14(18(22)23-2)11-12-15(16)19/h11-13H,3-10,19H2,1-2H3,(H,20,21). The molecular weight excluding hydrogens is 292 g/mol. The molecule has 0 unspecified atom stereocenters. The van der Waals surface area contributed by atoms with Gasteiger partial charge in [-0.3, -0.25) is 4.79 Å². The summed E-state index contributed by atoms with van der Waals surface area (Å²) < 4.78 is 4.66. The Morgan fingerprint density at radius 1 is 1.09 bits per heavy atom. The molecule has 0 aliphatic carbocycles. The minimum absolute atomic E-state index is 0.0766. The number of nitrogens with one attached hydrogen (secondary N) is 1. The van der Waals surface area contributed by atoms with Crippen LogP contribution in [0.3, 0.4) is 0 Å². The van der Waals surface area contributed by atoms with E-state index in [1.165, 1.54) is 39.2 Å². The summed E-state index contributed by atoms with van der Waals surface area (Å²) >= 11 is 0. The fourth-order valence-electron chi connectivity index (χ4n) is 2.36. The van der Waals surface area contributed by atoms with Crippen LogP contribution >= 0.6 is 0 Å². The molecule has 5 heteroatoms. The summed E-state index contributed by atoms with van der Waals surface area (Å²) in [6, 6.07) is 4.71. The zero-order valence-electron chi connectivity index (χ0n) is 14.2. The first-order valence-corrected chi connectivity index (χ1v) is 8.36. The molecule has 0 saturated heterocycles. The van der Waals surface area contributed by atoms with E-state index >= 15 is 0 Å². The third kappa shape index (κ3) is 7.17. The van der Waals surface area contributed by atoms with Gasteiger partial charge in [0.25, 0.3) is 0 Å². The van der Waals surface area contributed by atoms with Crippen molar-refractivity contribution in [3.8, 4) is 0 Å². The van der Waals surface area contributed by atoms with Gasteiger partial charge < -0.3 is 15.8 Å². The number of hydrogen-bond donors (Lipinski definition) is 2. The first kappa shape index (κ1) is 19.0. The van der Waals surface area contributed by atoms with Crippen LogP contribution in [0.5, 0.6) is 0 Å². The molecule has 128 valence electrons. The summed E-state index contributed by atoms with van der Waals surface area (Å²) in [4.78, 5) is 23.5. The van der Waals surface area contributed by atoms with Gasteiger partial charge in [-0.25, -0.2) is 4.79 Å². The third-order valence-corrected chi connectivity index (χ3v) is 3.76. The van der Waals surface area contributed by atoms with E-state index in [4.69, 9.17) is 5.73 Å². The Kier molecular flexibility index (Phi) is 8.80. The number of methoxy groups -OCH3 is 1. The van der Waals surface area contributed by atoms with Gasteiger partial charge in [0.2, 0.25) is 5.91 Å². The predicted octanol–water partition coefficient (Wildman–Crippen LogP) is 4.13. The number of nitrogens with two attached hydrogens (primary N) is 1. The third-order valence-electron chi connectivity index (χ3n) is 3.76. The van der Waals surface area contributed by atoms with Gasteiger partial charge in [0, 0.05) is 6.42 Å². The number of ether oxygens (including phenoxy) is 1. The van der Waals surface area contributed by atoms with Crippen LogP contribution in [-0.2, 0) is 9.53 Å². The smallest absolute Gasteiger partial charge is 0.337 e. The molecule has 5 nitrogen and oxygen atoms in total. The van der Waals surface area contributed by atoms with Crippen molar-refractivity contribution < 1.29 is 14.3 Å². The lowest BCUT2D eigenvalue weighted by atomic mass is 10.1. The molecule has 0 aromatic heterocycles. The molecule has 0 fully saturated rings. The number of amides is 1. The summed E-state index contributed by atoms with van der Waals surface area (Å²) in [5.74, 6) is -0.528. The van der Waals surface area contributed by atoms with Gasteiger partial charge in [0.05, 0.1) is 24.0 Å². The molecule has 1 rings (SSSR count). The fraction of sp³-hybridized carbons (Fsp3) is 0.556. The molecule has 0 heterocycles. The van der Waals surface area contributed by atoms with Gasteiger partial charge in [-0.05, 0) is 24.6 Å². The number of benzene rings is 1. The van der Waals surface area contributed by atoms with Gasteiger partial charge in [-0.15, -0.1) is 0 Å². The van der Waals surface area contributed by atoms with E-state index in [0.717, 1.165) is 12.8 Å². The number of hydrogen-bond acceptors (Lipinski definition) is 4. The number of carbonyl (C=O) groups excluding carboxylic acids is 2. The highest BCUT2D eigenvalue weighted by Crippen LogP contribution is 2.21. The molecule has 1 amide bonds. The van der Waals surface area contributed by atoms with Gasteiger partial charge in [-0.1, -0.05) is 45.4 Å². The van der Waals surface area contributed by atoms with Crippen molar-refractivity contribution in [2.45, 2.75) is 58.3 Å². The van der Waals surface area contributed by atoms with E-state index in [2.05, 4.69) is 17.0 Å². The normalized spacial score (nSPS) is 10.3. The molecule has 23 heavy (non-hydrogen) atoms. The van der Waals surface area contributed by atoms with Gasteiger partial charge in [0.15, 0.2) is 0 Å². The largest absolute Gasteiger partial charge is 0.465 e. The van der Waals surface area contributed by atoms with Crippen molar-refractivity contribution in [3.05, 3.63) is 23.8 Å². The molecule has 0 atom stereocenters. The maximum absolute atomic E-state index is 12.0. The zero-order chi connectivity index (χ0) is 17.1. The lowest BCUT2D eigenvalue weighted by Crippen LogP contribution is -2.13. The molecule has 1 aromatic rings. The predicted molar refractivity (Wildman–Crippen MR) is 93.4 cm³/mol. The van der Waals surface area contributed by atoms with E-state index in [9.17, 15) is 9.59 Å². The Morgan fingerprint density at radius 3 is 2.39 bits per heavy atom. The molecule has 0 aliphatic rings. The second-order valence-electron chi connectivity index (χ2n) is 5.71. The summed E-state index contributed by atoms with van der Waals surface area (Å²) in [6.07, 6.45) is 8.63. The highest BCUT2D eigenvalue weighted by molar-refractivity contribution is 5.97. The highest BCUT2D eigenvalue weighted by atomic mass is 16.5. The number of unbranched alkanes of at least 4 members (excludes halogenated alkanes) is 6. The molecule has 1 aromatic carbocycles. The summed E-state index contributed by atoms with van der Waals surface area (Å²) in [5.41, 5.74) is 7.10. The van der Waals surface area contributed by atoms with Crippen LogP contribution < -0.4 is 11.1 Å². The second-order valence-corrected chi connectivity index (χ2v) is 5.71. The molecule has 0 saturated carbocycles. The van der Waals surface area contributed by atoms with Gasteiger partial charge in [0.1, 0.15) is 0 Å². The van der Waals surface area contributed by atoms with Crippen molar-refractivity contribution in [2.24, 2.45) is 0 Å². The van der Waals surface area contributed by atoms with Crippen LogP contribution in [-0.4, -0.2) is 19.0 Å². The SMILES string of the molecule is CCCCCCCCCC(=O)Nc1cc(C(=O)OC)ccc1N. The Bertz CT molecular complexity index is 515. The summed E-state index contributed by atoms with van der Waals surface area (Å²) in [5, 5.41) is 2.77. The number of carbonyl (C=O) groups is 2. The topological polar surface area (TPSA) is 81.4 Å². The zero-order valence-corrected chi connectivity index (χ0v) is 14.2. The Morgan fingerprint density at radius 2 is 1.74 bits per heavy atom. The van der Waals surface area contributed by atoms with Crippen molar-refractivity contribution in [1.29, 1.82) is 0 Å². The maximum Gasteiger partial charge on any atom is 0.337 e. The van der Waals surface area contributed by atoms with Crippen LogP contribution in [0.25, 0.3) is 0 Å². The first-order chi connectivity index (χ1) is 11.1. The maximum atomic E-state index is 12.0. The number of rotatable bonds is 10. The minimum Gasteiger partial charge on any atom is -0.465 e.